The molecule has 1 aliphatic rings. The number of hydrogen-bond donors (Lipinski definition) is 2. The van der Waals surface area contributed by atoms with Crippen molar-refractivity contribution in [1.29, 1.82) is 5.41 Å². The van der Waals surface area contributed by atoms with E-state index in [4.69, 9.17) is 20.3 Å². The predicted molar refractivity (Wildman–Crippen MR) is 94.0 cm³/mol. The Labute approximate surface area is 141 Å². The maximum atomic E-state index is 12.7. The van der Waals surface area contributed by atoms with Crippen molar-refractivity contribution in [2.45, 2.75) is 0 Å². The maximum absolute atomic E-state index is 12.7. The van der Waals surface area contributed by atoms with E-state index in [-0.39, 0.29) is 28.3 Å². The van der Waals surface area contributed by atoms with Crippen LogP contribution in [0.3, 0.4) is 0 Å². The summed E-state index contributed by atoms with van der Waals surface area (Å²) in [5.74, 6) is -0.543. The topological polar surface area (TPSA) is 106 Å². The van der Waals surface area contributed by atoms with Crippen LogP contribution in [0.25, 0.3) is 17.0 Å². The average molecular weight is 332 g/mol. The highest BCUT2D eigenvalue weighted by molar-refractivity contribution is 6.31. The molecule has 2 heterocycles. The van der Waals surface area contributed by atoms with Gasteiger partial charge in [-0.1, -0.05) is 24.3 Å². The number of Topliss-reactive ketones (excluding diaryl/α,β-unsaturated/α-hetero) is 1. The minimum absolute atomic E-state index is 0.0229. The molecule has 0 amide bonds. The second-order valence-corrected chi connectivity index (χ2v) is 5.52. The molecule has 0 fully saturated rings. The third kappa shape index (κ3) is 2.31. The van der Waals surface area contributed by atoms with Gasteiger partial charge in [0.15, 0.2) is 0 Å². The average Bonchev–Trinajstić information content (AvgIpc) is 2.61. The summed E-state index contributed by atoms with van der Waals surface area (Å²) in [5, 5.41) is 8.32. The van der Waals surface area contributed by atoms with Gasteiger partial charge in [-0.2, -0.15) is 0 Å². The number of nitrogens with two attached hydrogens (primary N) is 1. The number of para-hydroxylation sites is 2. The first-order valence-corrected chi connectivity index (χ1v) is 7.50. The number of ether oxygens (including phenoxy) is 1. The molecule has 2 aromatic carbocycles. The van der Waals surface area contributed by atoms with Crippen LogP contribution in [-0.4, -0.2) is 11.7 Å². The number of ketones is 1. The number of fused-ring (bicyclic) bond motifs is 2. The van der Waals surface area contributed by atoms with Crippen molar-refractivity contribution in [2.24, 2.45) is 0 Å². The minimum atomic E-state index is -0.404. The van der Waals surface area contributed by atoms with Gasteiger partial charge >= 0.3 is 0 Å². The van der Waals surface area contributed by atoms with Gasteiger partial charge in [0.1, 0.15) is 11.3 Å². The lowest BCUT2D eigenvalue weighted by molar-refractivity contribution is 0.103. The van der Waals surface area contributed by atoms with Crippen LogP contribution in [0.5, 0.6) is 5.75 Å². The molecule has 0 unspecified atom stereocenters. The van der Waals surface area contributed by atoms with Crippen molar-refractivity contribution in [1.82, 2.24) is 0 Å². The van der Waals surface area contributed by atoms with E-state index in [1.54, 1.807) is 48.5 Å². The smallest absolute Gasteiger partial charge is 0.223 e. The summed E-state index contributed by atoms with van der Waals surface area (Å²) in [7, 11) is 0. The van der Waals surface area contributed by atoms with Gasteiger partial charge in [-0.15, -0.1) is 0 Å². The van der Waals surface area contributed by atoms with Crippen molar-refractivity contribution < 1.29 is 13.9 Å². The number of carbonyl (C=O) groups excluding carboxylic acids is 1. The monoisotopic (exact) mass is 332 g/mol. The molecule has 0 bridgehead atoms. The summed E-state index contributed by atoms with van der Waals surface area (Å²) in [6, 6.07) is 13.3. The van der Waals surface area contributed by atoms with E-state index >= 15 is 0 Å². The van der Waals surface area contributed by atoms with Crippen LogP contribution in [0.2, 0.25) is 0 Å². The third-order valence-corrected chi connectivity index (χ3v) is 3.98. The lowest BCUT2D eigenvalue weighted by atomic mass is 9.97. The van der Waals surface area contributed by atoms with Gasteiger partial charge in [-0.3, -0.25) is 15.0 Å². The Kier molecular flexibility index (Phi) is 3.25. The lowest BCUT2D eigenvalue weighted by Crippen LogP contribution is -2.25. The van der Waals surface area contributed by atoms with Crippen molar-refractivity contribution in [3.63, 3.8) is 0 Å². The molecule has 0 spiro atoms. The Morgan fingerprint density at radius 1 is 1.00 bits per heavy atom. The second kappa shape index (κ2) is 5.45. The summed E-state index contributed by atoms with van der Waals surface area (Å²) in [6.45, 7) is 0. The first-order chi connectivity index (χ1) is 12.1. The highest BCUT2D eigenvalue weighted by Crippen LogP contribution is 2.29. The van der Waals surface area contributed by atoms with E-state index in [2.05, 4.69) is 0 Å². The zero-order valence-electron chi connectivity index (χ0n) is 12.9. The van der Waals surface area contributed by atoms with E-state index in [9.17, 15) is 9.59 Å². The predicted octanol–water partition coefficient (Wildman–Crippen LogP) is 3.01. The van der Waals surface area contributed by atoms with Crippen LogP contribution in [-0.2, 0) is 0 Å². The van der Waals surface area contributed by atoms with Gasteiger partial charge < -0.3 is 14.9 Å². The van der Waals surface area contributed by atoms with E-state index in [0.717, 1.165) is 0 Å². The highest BCUT2D eigenvalue weighted by atomic mass is 16.5. The Balaban J connectivity index is 1.92. The van der Waals surface area contributed by atoms with Gasteiger partial charge in [0.2, 0.25) is 23.0 Å². The molecular weight excluding hydrogens is 320 g/mol. The van der Waals surface area contributed by atoms with Crippen molar-refractivity contribution >= 4 is 34.6 Å². The van der Waals surface area contributed by atoms with Crippen LogP contribution in [0, 0.1) is 5.41 Å². The molecule has 25 heavy (non-hydrogen) atoms. The number of benzene rings is 2. The van der Waals surface area contributed by atoms with Gasteiger partial charge in [0.05, 0.1) is 22.1 Å². The fourth-order valence-corrected chi connectivity index (χ4v) is 2.74. The Morgan fingerprint density at radius 2 is 1.72 bits per heavy atom. The number of nitrogens with one attached hydrogen (secondary N) is 1. The van der Waals surface area contributed by atoms with Crippen molar-refractivity contribution in [2.75, 3.05) is 5.73 Å². The van der Waals surface area contributed by atoms with Crippen LogP contribution in [0.15, 0.2) is 63.3 Å². The van der Waals surface area contributed by atoms with Gasteiger partial charge in [-0.25, -0.2) is 0 Å². The van der Waals surface area contributed by atoms with Crippen LogP contribution < -0.4 is 15.9 Å². The molecule has 4 rings (SSSR count). The standard InChI is InChI=1S/C19H12N2O4/c20-18-12(16(22)10-5-1-3-7-14(10)24-18)9-13-17(23)11-6-2-4-8-15(11)25-19(13)21/h1-9,20H,21H2/b12-9-,20-18?. The first-order valence-electron chi connectivity index (χ1n) is 7.50. The molecule has 6 heteroatoms. The van der Waals surface area contributed by atoms with Gasteiger partial charge in [0.25, 0.3) is 0 Å². The largest absolute Gasteiger partial charge is 0.440 e. The molecule has 1 aromatic heterocycles. The molecular formula is C19H12N2O4. The van der Waals surface area contributed by atoms with Crippen LogP contribution >= 0.6 is 0 Å². The summed E-state index contributed by atoms with van der Waals surface area (Å²) >= 11 is 0. The number of hydrogen-bond acceptors (Lipinski definition) is 6. The molecule has 6 nitrogen and oxygen atoms in total. The zero-order valence-corrected chi connectivity index (χ0v) is 12.9. The molecule has 3 aromatic rings. The molecule has 0 radical (unpaired) electrons. The first kappa shape index (κ1) is 14.9. The van der Waals surface area contributed by atoms with Crippen molar-refractivity contribution in [3.05, 3.63) is 75.5 Å². The number of nitrogen functional groups attached to an aromatic ring is 1. The quantitative estimate of drug-likeness (QED) is 0.666. The molecule has 0 aliphatic carbocycles. The SMILES string of the molecule is N=C1Oc2ccccc2C(=O)/C1=C/c1c(N)oc2ccccc2c1=O. The van der Waals surface area contributed by atoms with Gasteiger partial charge in [0, 0.05) is 0 Å². The van der Waals surface area contributed by atoms with E-state index in [0.29, 0.717) is 22.3 Å². The number of rotatable bonds is 1. The molecule has 3 N–H and O–H groups in total. The summed E-state index contributed by atoms with van der Waals surface area (Å²) in [6.07, 6.45) is 1.26. The molecule has 0 atom stereocenters. The Hall–Kier alpha value is -3.67. The fraction of sp³-hybridized carbons (Fsp3) is 0. The van der Waals surface area contributed by atoms with Gasteiger partial charge in [-0.05, 0) is 30.3 Å². The summed E-state index contributed by atoms with van der Waals surface area (Å²) < 4.78 is 10.8. The Morgan fingerprint density at radius 3 is 2.56 bits per heavy atom. The number of anilines is 1. The molecule has 1 aliphatic heterocycles. The summed E-state index contributed by atoms with van der Waals surface area (Å²) in [4.78, 5) is 25.3. The molecule has 0 saturated heterocycles. The van der Waals surface area contributed by atoms with Crippen LogP contribution in [0.4, 0.5) is 5.88 Å². The number of carbonyl (C=O) groups is 1. The Bertz CT molecular complexity index is 1140. The van der Waals surface area contributed by atoms with Crippen LogP contribution in [0.1, 0.15) is 15.9 Å². The minimum Gasteiger partial charge on any atom is -0.440 e. The second-order valence-electron chi connectivity index (χ2n) is 5.52. The van der Waals surface area contributed by atoms with E-state index in [1.165, 1.54) is 6.08 Å². The van der Waals surface area contributed by atoms with E-state index in [1.807, 2.05) is 0 Å². The molecule has 122 valence electrons. The zero-order chi connectivity index (χ0) is 17.6. The summed E-state index contributed by atoms with van der Waals surface area (Å²) in [5.41, 5.74) is 6.15. The van der Waals surface area contributed by atoms with E-state index < -0.39 is 5.78 Å². The lowest BCUT2D eigenvalue weighted by Gasteiger charge is -2.18. The maximum Gasteiger partial charge on any atom is 0.223 e. The van der Waals surface area contributed by atoms with Crippen molar-refractivity contribution in [3.8, 4) is 5.75 Å². The normalized spacial score (nSPS) is 15.3. The fourth-order valence-electron chi connectivity index (χ4n) is 2.74. The highest BCUT2D eigenvalue weighted by Gasteiger charge is 2.28. The third-order valence-electron chi connectivity index (χ3n) is 3.98. The molecule has 0 saturated carbocycles.